The van der Waals surface area contributed by atoms with Crippen molar-refractivity contribution in [2.75, 3.05) is 4.90 Å². The van der Waals surface area contributed by atoms with Crippen LogP contribution < -0.4 is 4.90 Å². The molecule has 6 heteroatoms. The molecule has 24 heavy (non-hydrogen) atoms. The lowest BCUT2D eigenvalue weighted by Gasteiger charge is -2.26. The smallest absolute Gasteiger partial charge is 0.294 e. The lowest BCUT2D eigenvalue weighted by atomic mass is 9.98. The number of carbonyl (C=O) groups is 2. The van der Waals surface area contributed by atoms with Crippen molar-refractivity contribution in [1.29, 1.82) is 0 Å². The van der Waals surface area contributed by atoms with Crippen molar-refractivity contribution in [1.82, 2.24) is 4.98 Å². The minimum absolute atomic E-state index is 0.0190. The molecule has 1 aromatic heterocycles. The number of ketones is 1. The van der Waals surface area contributed by atoms with Gasteiger partial charge < -0.3 is 5.11 Å². The monoisotopic (exact) mass is 326 g/mol. The van der Waals surface area contributed by atoms with E-state index in [1.807, 2.05) is 0 Å². The van der Waals surface area contributed by atoms with E-state index in [1.165, 1.54) is 29.2 Å². The van der Waals surface area contributed by atoms with Gasteiger partial charge in [0.2, 0.25) is 0 Å². The Labute approximate surface area is 138 Å². The summed E-state index contributed by atoms with van der Waals surface area (Å²) in [4.78, 5) is 30.3. The minimum Gasteiger partial charge on any atom is -0.503 e. The number of aliphatic hydroxyl groups is 1. The van der Waals surface area contributed by atoms with Crippen molar-refractivity contribution in [3.8, 4) is 0 Å². The number of rotatable bonds is 4. The van der Waals surface area contributed by atoms with Gasteiger partial charge in [-0.15, -0.1) is 0 Å². The van der Waals surface area contributed by atoms with E-state index in [4.69, 9.17) is 0 Å². The number of nitrogens with zero attached hydrogens (tertiary/aromatic N) is 2. The number of hydrogen-bond acceptors (Lipinski definition) is 4. The normalized spacial score (nSPS) is 17.5. The van der Waals surface area contributed by atoms with Crippen LogP contribution in [-0.2, 0) is 9.59 Å². The van der Waals surface area contributed by atoms with Crippen molar-refractivity contribution < 1.29 is 19.1 Å². The summed E-state index contributed by atoms with van der Waals surface area (Å²) in [5.74, 6) is -2.06. The summed E-state index contributed by atoms with van der Waals surface area (Å²) in [5.41, 5.74) is 0.851. The Kier molecular flexibility index (Phi) is 4.12. The topological polar surface area (TPSA) is 70.5 Å². The number of carbonyl (C=O) groups excluding carboxylic acids is 2. The minimum atomic E-state index is -0.836. The number of hydrogen-bond donors (Lipinski definition) is 1. The molecular weight excluding hydrogens is 311 g/mol. The van der Waals surface area contributed by atoms with Gasteiger partial charge in [0.05, 0.1) is 11.3 Å². The number of halogens is 1. The molecule has 1 atom stereocenters. The average molecular weight is 326 g/mol. The predicted molar refractivity (Wildman–Crippen MR) is 85.8 cm³/mol. The number of benzene rings is 1. The first-order valence-electron chi connectivity index (χ1n) is 7.51. The summed E-state index contributed by atoms with van der Waals surface area (Å²) < 4.78 is 13.2. The van der Waals surface area contributed by atoms with Gasteiger partial charge in [-0.05, 0) is 36.4 Å². The number of pyridine rings is 1. The zero-order chi connectivity index (χ0) is 17.3. The highest BCUT2D eigenvalue weighted by Crippen LogP contribution is 2.40. The molecule has 0 saturated carbocycles. The second-order valence-corrected chi connectivity index (χ2v) is 5.35. The van der Waals surface area contributed by atoms with Crippen LogP contribution in [0.4, 0.5) is 10.1 Å². The summed E-state index contributed by atoms with van der Waals surface area (Å²) in [5, 5.41) is 10.2. The molecule has 1 aromatic carbocycles. The van der Waals surface area contributed by atoms with Crippen molar-refractivity contribution in [3.05, 3.63) is 71.5 Å². The third-order valence-corrected chi connectivity index (χ3v) is 3.90. The standard InChI is InChI=1S/C18H15FN2O3/c1-2-14(22)15-16(13-5-3-4-10-20-13)21(18(24)17(15)23)12-8-6-11(19)7-9-12/h3-10,16,23H,2H2,1H3. The van der Waals surface area contributed by atoms with Crippen LogP contribution in [0.5, 0.6) is 0 Å². The lowest BCUT2D eigenvalue weighted by Crippen LogP contribution is -2.31. The average Bonchev–Trinajstić information content (AvgIpc) is 2.87. The molecule has 1 aliphatic heterocycles. The van der Waals surface area contributed by atoms with Crippen LogP contribution in [0.15, 0.2) is 60.0 Å². The molecule has 3 rings (SSSR count). The first kappa shape index (κ1) is 15.9. The fraction of sp³-hybridized carbons (Fsp3) is 0.167. The molecule has 5 nitrogen and oxygen atoms in total. The predicted octanol–water partition coefficient (Wildman–Crippen LogP) is 3.10. The molecule has 0 aliphatic carbocycles. The Hall–Kier alpha value is -3.02. The Morgan fingerprint density at radius 1 is 1.25 bits per heavy atom. The summed E-state index contributed by atoms with van der Waals surface area (Å²) in [7, 11) is 0. The quantitative estimate of drug-likeness (QED) is 0.937. The maximum absolute atomic E-state index is 13.2. The van der Waals surface area contributed by atoms with Gasteiger partial charge in [0, 0.05) is 18.3 Å². The van der Waals surface area contributed by atoms with Crippen molar-refractivity contribution in [2.45, 2.75) is 19.4 Å². The van der Waals surface area contributed by atoms with Crippen LogP contribution in [0.3, 0.4) is 0 Å². The Morgan fingerprint density at radius 2 is 1.96 bits per heavy atom. The highest BCUT2D eigenvalue weighted by Gasteiger charge is 2.44. The van der Waals surface area contributed by atoms with E-state index in [0.29, 0.717) is 11.4 Å². The van der Waals surface area contributed by atoms with Gasteiger partial charge in [-0.3, -0.25) is 19.5 Å². The zero-order valence-corrected chi connectivity index (χ0v) is 12.9. The molecule has 1 amide bonds. The Balaban J connectivity index is 2.16. The van der Waals surface area contributed by atoms with E-state index in [0.717, 1.165) is 0 Å². The summed E-state index contributed by atoms with van der Waals surface area (Å²) in [6.45, 7) is 1.66. The van der Waals surface area contributed by atoms with E-state index >= 15 is 0 Å². The molecule has 0 radical (unpaired) electrons. The number of Topliss-reactive ketones (excluding diaryl/α,β-unsaturated/α-hetero) is 1. The fourth-order valence-electron chi connectivity index (χ4n) is 2.77. The molecule has 0 bridgehead atoms. The van der Waals surface area contributed by atoms with Crippen LogP contribution >= 0.6 is 0 Å². The second-order valence-electron chi connectivity index (χ2n) is 5.35. The zero-order valence-electron chi connectivity index (χ0n) is 12.9. The van der Waals surface area contributed by atoms with Gasteiger partial charge in [0.1, 0.15) is 11.9 Å². The van der Waals surface area contributed by atoms with Crippen LogP contribution in [0.25, 0.3) is 0 Å². The van der Waals surface area contributed by atoms with E-state index in [9.17, 15) is 19.1 Å². The Bertz CT molecular complexity index is 816. The van der Waals surface area contributed by atoms with Gasteiger partial charge in [0.15, 0.2) is 11.5 Å². The van der Waals surface area contributed by atoms with Gasteiger partial charge in [0.25, 0.3) is 5.91 Å². The number of aromatic nitrogens is 1. The molecule has 1 aliphatic rings. The third kappa shape index (κ3) is 2.56. The molecular formula is C18H15FN2O3. The van der Waals surface area contributed by atoms with E-state index in [2.05, 4.69) is 4.98 Å². The molecule has 0 spiro atoms. The molecule has 1 unspecified atom stereocenters. The van der Waals surface area contributed by atoms with Gasteiger partial charge in [-0.1, -0.05) is 13.0 Å². The van der Waals surface area contributed by atoms with Crippen molar-refractivity contribution >= 4 is 17.4 Å². The fourth-order valence-corrected chi connectivity index (χ4v) is 2.77. The molecule has 1 N–H and O–H groups in total. The van der Waals surface area contributed by atoms with Crippen molar-refractivity contribution in [3.63, 3.8) is 0 Å². The first-order chi connectivity index (χ1) is 11.5. The highest BCUT2D eigenvalue weighted by atomic mass is 19.1. The molecule has 2 heterocycles. The van der Waals surface area contributed by atoms with Crippen LogP contribution in [0, 0.1) is 5.82 Å². The van der Waals surface area contributed by atoms with Gasteiger partial charge in [-0.2, -0.15) is 0 Å². The summed E-state index contributed by atoms with van der Waals surface area (Å²) >= 11 is 0. The van der Waals surface area contributed by atoms with Crippen LogP contribution in [0.2, 0.25) is 0 Å². The second kappa shape index (κ2) is 6.23. The summed E-state index contributed by atoms with van der Waals surface area (Å²) in [6, 6.07) is 9.58. The van der Waals surface area contributed by atoms with Gasteiger partial charge in [-0.25, -0.2) is 4.39 Å². The number of anilines is 1. The molecule has 0 saturated heterocycles. The maximum atomic E-state index is 13.2. The van der Waals surface area contributed by atoms with E-state index < -0.39 is 23.5 Å². The SMILES string of the molecule is CCC(=O)C1=C(O)C(=O)N(c2ccc(F)cc2)C1c1ccccn1. The highest BCUT2D eigenvalue weighted by molar-refractivity contribution is 6.16. The number of aliphatic hydroxyl groups excluding tert-OH is 1. The Morgan fingerprint density at radius 3 is 2.54 bits per heavy atom. The number of amides is 1. The molecule has 122 valence electrons. The molecule has 2 aromatic rings. The van der Waals surface area contributed by atoms with Gasteiger partial charge >= 0.3 is 0 Å². The molecule has 0 fully saturated rings. The van der Waals surface area contributed by atoms with E-state index in [1.54, 1.807) is 31.3 Å². The lowest BCUT2D eigenvalue weighted by molar-refractivity contribution is -0.118. The first-order valence-corrected chi connectivity index (χ1v) is 7.51. The summed E-state index contributed by atoms with van der Waals surface area (Å²) in [6.07, 6.45) is 1.69. The largest absolute Gasteiger partial charge is 0.503 e. The van der Waals surface area contributed by atoms with Crippen molar-refractivity contribution in [2.24, 2.45) is 0 Å². The maximum Gasteiger partial charge on any atom is 0.294 e. The van der Waals surface area contributed by atoms with E-state index in [-0.39, 0.29) is 17.8 Å². The van der Waals surface area contributed by atoms with Crippen LogP contribution in [-0.4, -0.2) is 21.8 Å². The van der Waals surface area contributed by atoms with Crippen LogP contribution in [0.1, 0.15) is 25.1 Å². The third-order valence-electron chi connectivity index (χ3n) is 3.90.